The number of alkyl halides is 2. The van der Waals surface area contributed by atoms with Gasteiger partial charge in [-0.3, -0.25) is 4.79 Å². The molecule has 3 aromatic rings. The maximum atomic E-state index is 14.3. The van der Waals surface area contributed by atoms with E-state index in [1.54, 1.807) is 4.57 Å². The fraction of sp³-hybridized carbons (Fsp3) is 0.318. The molecule has 2 aromatic carbocycles. The molecule has 0 N–H and O–H groups in total. The summed E-state index contributed by atoms with van der Waals surface area (Å²) in [6, 6.07) is 16.4. The predicted octanol–water partition coefficient (Wildman–Crippen LogP) is 3.79. The summed E-state index contributed by atoms with van der Waals surface area (Å²) in [5, 5.41) is 8.03. The molecule has 1 aliphatic rings. The molecule has 1 amide bonds. The van der Waals surface area contributed by atoms with Crippen molar-refractivity contribution in [2.24, 2.45) is 0 Å². The number of nitrogens with zero attached hydrogens (tertiary/aromatic N) is 4. The van der Waals surface area contributed by atoms with Crippen LogP contribution in [0, 0.1) is 6.92 Å². The van der Waals surface area contributed by atoms with Gasteiger partial charge in [0.25, 0.3) is 5.92 Å². The van der Waals surface area contributed by atoms with E-state index >= 15 is 0 Å². The number of aryl methyl sites for hydroxylation is 1. The third kappa shape index (κ3) is 4.34. The van der Waals surface area contributed by atoms with Gasteiger partial charge in [0, 0.05) is 6.42 Å². The van der Waals surface area contributed by atoms with E-state index in [-0.39, 0.29) is 12.3 Å². The maximum absolute atomic E-state index is 14.3. The van der Waals surface area contributed by atoms with Crippen LogP contribution in [0.1, 0.15) is 35.0 Å². The fourth-order valence-corrected chi connectivity index (χ4v) is 3.83. The summed E-state index contributed by atoms with van der Waals surface area (Å²) < 4.78 is 30.4. The summed E-state index contributed by atoms with van der Waals surface area (Å²) in [7, 11) is 0. The average Bonchev–Trinajstić information content (AvgIpc) is 3.26. The van der Waals surface area contributed by atoms with Crippen LogP contribution in [0.15, 0.2) is 60.9 Å². The van der Waals surface area contributed by atoms with Crippen LogP contribution in [0.4, 0.5) is 8.78 Å². The van der Waals surface area contributed by atoms with Crippen molar-refractivity contribution in [1.29, 1.82) is 0 Å². The Bertz CT molecular complexity index is 1000. The molecule has 1 saturated heterocycles. The van der Waals surface area contributed by atoms with Crippen molar-refractivity contribution in [2.75, 3.05) is 6.54 Å². The van der Waals surface area contributed by atoms with Gasteiger partial charge in [0.1, 0.15) is 6.33 Å². The molecule has 7 heteroatoms. The molecule has 0 unspecified atom stereocenters. The van der Waals surface area contributed by atoms with E-state index in [4.69, 9.17) is 0 Å². The van der Waals surface area contributed by atoms with Crippen LogP contribution in [0.25, 0.3) is 0 Å². The van der Waals surface area contributed by atoms with Gasteiger partial charge in [0.15, 0.2) is 5.82 Å². The number of hydrogen-bond acceptors (Lipinski definition) is 3. The van der Waals surface area contributed by atoms with E-state index in [1.165, 1.54) is 11.2 Å². The number of amides is 1. The topological polar surface area (TPSA) is 51.0 Å². The number of rotatable bonds is 5. The van der Waals surface area contributed by atoms with Crippen molar-refractivity contribution in [3.63, 3.8) is 0 Å². The van der Waals surface area contributed by atoms with E-state index in [0.717, 1.165) is 16.7 Å². The maximum Gasteiger partial charge on any atom is 0.267 e. The number of aromatic nitrogens is 3. The Hall–Kier alpha value is -3.09. The highest BCUT2D eigenvalue weighted by Gasteiger charge is 2.49. The molecule has 0 radical (unpaired) electrons. The van der Waals surface area contributed by atoms with Crippen LogP contribution in [0.2, 0.25) is 0 Å². The van der Waals surface area contributed by atoms with E-state index < -0.39 is 24.9 Å². The number of benzene rings is 2. The standard InChI is InChI=1S/C22H22F2N4O/c1-16-6-5-9-18(10-16)11-20(29)28-14-22(23,24)12-19(28)21-26-25-15-27(21)13-17-7-3-2-4-8-17/h2-10,15,19H,11-14H2,1H3/t19-/m0/s1. The van der Waals surface area contributed by atoms with E-state index in [1.807, 2.05) is 61.5 Å². The van der Waals surface area contributed by atoms with Crippen LogP contribution in [0.3, 0.4) is 0 Å². The zero-order valence-corrected chi connectivity index (χ0v) is 16.1. The lowest BCUT2D eigenvalue weighted by atomic mass is 10.1. The minimum absolute atomic E-state index is 0.0844. The van der Waals surface area contributed by atoms with Crippen LogP contribution >= 0.6 is 0 Å². The molecule has 4 rings (SSSR count). The van der Waals surface area contributed by atoms with Crippen molar-refractivity contribution in [3.05, 3.63) is 83.4 Å². The first-order valence-corrected chi connectivity index (χ1v) is 9.56. The summed E-state index contributed by atoms with van der Waals surface area (Å²) in [6.07, 6.45) is 1.17. The van der Waals surface area contributed by atoms with E-state index in [2.05, 4.69) is 10.2 Å². The highest BCUT2D eigenvalue weighted by atomic mass is 19.3. The third-order valence-electron chi connectivity index (χ3n) is 5.17. The monoisotopic (exact) mass is 396 g/mol. The first-order chi connectivity index (χ1) is 13.9. The van der Waals surface area contributed by atoms with Gasteiger partial charge in [0.2, 0.25) is 5.91 Å². The highest BCUT2D eigenvalue weighted by Crippen LogP contribution is 2.40. The molecule has 2 heterocycles. The molecule has 0 aliphatic carbocycles. The normalized spacial score (nSPS) is 18.2. The van der Waals surface area contributed by atoms with Crippen molar-refractivity contribution >= 4 is 5.91 Å². The summed E-state index contributed by atoms with van der Waals surface area (Å²) in [6.45, 7) is 1.80. The first kappa shape index (κ1) is 19.2. The van der Waals surface area contributed by atoms with Crippen LogP contribution in [-0.2, 0) is 17.8 Å². The molecule has 0 spiro atoms. The van der Waals surface area contributed by atoms with Crippen molar-refractivity contribution in [3.8, 4) is 0 Å². The Kier molecular flexibility index (Phi) is 5.13. The zero-order chi connectivity index (χ0) is 20.4. The van der Waals surface area contributed by atoms with Gasteiger partial charge in [-0.25, -0.2) is 8.78 Å². The molecule has 0 saturated carbocycles. The second-order valence-electron chi connectivity index (χ2n) is 7.57. The molecule has 5 nitrogen and oxygen atoms in total. The van der Waals surface area contributed by atoms with E-state index in [9.17, 15) is 13.6 Å². The van der Waals surface area contributed by atoms with Gasteiger partial charge in [0.05, 0.1) is 25.6 Å². The van der Waals surface area contributed by atoms with E-state index in [0.29, 0.717) is 12.4 Å². The quantitative estimate of drug-likeness (QED) is 0.659. The lowest BCUT2D eigenvalue weighted by Crippen LogP contribution is -2.35. The number of carbonyl (C=O) groups excluding carboxylic acids is 1. The zero-order valence-electron chi connectivity index (χ0n) is 16.1. The Balaban J connectivity index is 1.58. The molecule has 0 bridgehead atoms. The molecule has 1 atom stereocenters. The Morgan fingerprint density at radius 1 is 1.14 bits per heavy atom. The molecular weight excluding hydrogens is 374 g/mol. The number of hydrogen-bond donors (Lipinski definition) is 0. The van der Waals surface area contributed by atoms with Crippen LogP contribution in [-0.4, -0.2) is 38.0 Å². The first-order valence-electron chi connectivity index (χ1n) is 9.56. The summed E-state index contributed by atoms with van der Waals surface area (Å²) in [5.41, 5.74) is 2.85. The minimum Gasteiger partial charge on any atom is -0.326 e. The van der Waals surface area contributed by atoms with Gasteiger partial charge in [-0.05, 0) is 18.1 Å². The van der Waals surface area contributed by atoms with Crippen LogP contribution in [0.5, 0.6) is 0 Å². The molecule has 29 heavy (non-hydrogen) atoms. The minimum atomic E-state index is -2.95. The second kappa shape index (κ2) is 7.73. The van der Waals surface area contributed by atoms with Gasteiger partial charge in [-0.15, -0.1) is 10.2 Å². The smallest absolute Gasteiger partial charge is 0.267 e. The van der Waals surface area contributed by atoms with Gasteiger partial charge < -0.3 is 9.47 Å². The van der Waals surface area contributed by atoms with Gasteiger partial charge >= 0.3 is 0 Å². The van der Waals surface area contributed by atoms with Gasteiger partial charge in [-0.2, -0.15) is 0 Å². The lowest BCUT2D eigenvalue weighted by molar-refractivity contribution is -0.132. The van der Waals surface area contributed by atoms with Gasteiger partial charge in [-0.1, -0.05) is 60.2 Å². The van der Waals surface area contributed by atoms with Crippen molar-refractivity contribution in [2.45, 2.75) is 38.3 Å². The molecular formula is C22H22F2N4O. The lowest BCUT2D eigenvalue weighted by Gasteiger charge is -2.24. The molecule has 1 aromatic heterocycles. The summed E-state index contributed by atoms with van der Waals surface area (Å²) in [4.78, 5) is 14.2. The molecule has 150 valence electrons. The molecule has 1 aliphatic heterocycles. The molecule has 1 fully saturated rings. The Morgan fingerprint density at radius 3 is 2.66 bits per heavy atom. The summed E-state index contributed by atoms with van der Waals surface area (Å²) >= 11 is 0. The third-order valence-corrected chi connectivity index (χ3v) is 5.17. The van der Waals surface area contributed by atoms with Crippen molar-refractivity contribution < 1.29 is 13.6 Å². The SMILES string of the molecule is Cc1cccc(CC(=O)N2CC(F)(F)C[C@H]2c2nncn2Cc2ccccc2)c1. The fourth-order valence-electron chi connectivity index (χ4n) is 3.83. The largest absolute Gasteiger partial charge is 0.326 e. The highest BCUT2D eigenvalue weighted by molar-refractivity contribution is 5.79. The number of halogens is 2. The van der Waals surface area contributed by atoms with Crippen molar-refractivity contribution in [1.82, 2.24) is 19.7 Å². The van der Waals surface area contributed by atoms with Crippen LogP contribution < -0.4 is 0 Å². The predicted molar refractivity (Wildman–Crippen MR) is 104 cm³/mol. The Labute approximate surface area is 168 Å². The summed E-state index contributed by atoms with van der Waals surface area (Å²) in [5.74, 6) is -2.88. The Morgan fingerprint density at radius 2 is 1.90 bits per heavy atom. The second-order valence-corrected chi connectivity index (χ2v) is 7.57. The number of carbonyl (C=O) groups is 1. The number of likely N-dealkylation sites (tertiary alicyclic amines) is 1. The average molecular weight is 396 g/mol.